The average molecular weight is 237 g/mol. The first kappa shape index (κ1) is 11.9. The number of hydrogen-bond acceptors (Lipinski definition) is 1. The maximum atomic E-state index is 11.1. The fourth-order valence-electron chi connectivity index (χ4n) is 1.43. The highest BCUT2D eigenvalue weighted by Gasteiger charge is 2.49. The summed E-state index contributed by atoms with van der Waals surface area (Å²) in [5, 5.41) is 9.09. The highest BCUT2D eigenvalue weighted by molar-refractivity contribution is 9.10. The molecular weight excluding hydrogens is 220 g/mol. The van der Waals surface area contributed by atoms with Crippen LogP contribution in [0, 0.1) is 11.3 Å². The zero-order chi connectivity index (χ0) is 10.2. The van der Waals surface area contributed by atoms with E-state index in [1.165, 1.54) is 0 Å². The predicted molar refractivity (Wildman–Crippen MR) is 53.6 cm³/mol. The van der Waals surface area contributed by atoms with Crippen molar-refractivity contribution in [3.63, 3.8) is 0 Å². The van der Waals surface area contributed by atoms with Crippen molar-refractivity contribution in [2.75, 3.05) is 0 Å². The Hall–Kier alpha value is -0.0500. The van der Waals surface area contributed by atoms with Crippen LogP contribution in [-0.4, -0.2) is 15.4 Å². The van der Waals surface area contributed by atoms with Gasteiger partial charge in [0.1, 0.15) is 4.32 Å². The van der Waals surface area contributed by atoms with Crippen molar-refractivity contribution < 1.29 is 9.90 Å². The molecule has 0 rings (SSSR count). The Balaban J connectivity index is 5.02. The van der Waals surface area contributed by atoms with Crippen molar-refractivity contribution in [2.24, 2.45) is 11.3 Å². The van der Waals surface area contributed by atoms with Crippen molar-refractivity contribution in [1.82, 2.24) is 0 Å². The molecule has 12 heavy (non-hydrogen) atoms. The minimum atomic E-state index is -0.833. The van der Waals surface area contributed by atoms with Gasteiger partial charge < -0.3 is 5.11 Å². The van der Waals surface area contributed by atoms with E-state index in [0.717, 1.165) is 0 Å². The van der Waals surface area contributed by atoms with Crippen LogP contribution in [0.25, 0.3) is 0 Å². The molecule has 0 aliphatic carbocycles. The van der Waals surface area contributed by atoms with Crippen LogP contribution in [0.15, 0.2) is 0 Å². The molecule has 72 valence electrons. The number of hydrogen-bond donors (Lipinski definition) is 1. The average Bonchev–Trinajstić information content (AvgIpc) is 1.82. The molecule has 0 saturated heterocycles. The Morgan fingerprint density at radius 3 is 1.67 bits per heavy atom. The fourth-order valence-corrected chi connectivity index (χ4v) is 1.43. The zero-order valence-corrected chi connectivity index (χ0v) is 9.90. The van der Waals surface area contributed by atoms with Crippen molar-refractivity contribution in [3.8, 4) is 0 Å². The summed E-state index contributed by atoms with van der Waals surface area (Å²) >= 11 is 3.34. The van der Waals surface area contributed by atoms with E-state index in [-0.39, 0.29) is 11.3 Å². The van der Waals surface area contributed by atoms with Crippen LogP contribution in [0.5, 0.6) is 0 Å². The number of halogens is 1. The summed E-state index contributed by atoms with van der Waals surface area (Å²) in [6, 6.07) is 0. The number of carboxylic acids is 1. The second-order valence-electron chi connectivity index (χ2n) is 4.42. The minimum absolute atomic E-state index is 0.0648. The summed E-state index contributed by atoms with van der Waals surface area (Å²) in [6.07, 6.45) is 0. The number of alkyl halides is 1. The van der Waals surface area contributed by atoms with Crippen LogP contribution in [-0.2, 0) is 4.79 Å². The van der Waals surface area contributed by atoms with E-state index >= 15 is 0 Å². The summed E-state index contributed by atoms with van der Waals surface area (Å²) in [5.41, 5.74) is -0.285. The smallest absolute Gasteiger partial charge is 0.321 e. The Morgan fingerprint density at radius 2 is 1.67 bits per heavy atom. The first-order valence-corrected chi connectivity index (χ1v) is 4.85. The topological polar surface area (TPSA) is 37.3 Å². The van der Waals surface area contributed by atoms with Gasteiger partial charge in [-0.2, -0.15) is 0 Å². The lowest BCUT2D eigenvalue weighted by Gasteiger charge is -2.39. The first-order chi connectivity index (χ1) is 5.14. The van der Waals surface area contributed by atoms with E-state index in [0.29, 0.717) is 0 Å². The monoisotopic (exact) mass is 236 g/mol. The number of carboxylic acid groups (broad SMARTS) is 1. The number of carbonyl (C=O) groups is 1. The second-order valence-corrected chi connectivity index (χ2v) is 5.67. The fraction of sp³-hybridized carbons (Fsp3) is 0.889. The molecule has 0 bridgehead atoms. The van der Waals surface area contributed by atoms with E-state index in [2.05, 4.69) is 15.9 Å². The molecule has 3 heteroatoms. The molecule has 0 aromatic carbocycles. The molecule has 2 nitrogen and oxygen atoms in total. The summed E-state index contributed by atoms with van der Waals surface area (Å²) in [7, 11) is 0. The van der Waals surface area contributed by atoms with Gasteiger partial charge in [0, 0.05) is 0 Å². The molecule has 0 fully saturated rings. The minimum Gasteiger partial charge on any atom is -0.480 e. The van der Waals surface area contributed by atoms with Gasteiger partial charge >= 0.3 is 5.97 Å². The summed E-state index contributed by atoms with van der Waals surface area (Å²) in [6.45, 7) is 9.60. The Bertz CT molecular complexity index is 181. The normalized spacial score (nSPS) is 17.6. The van der Waals surface area contributed by atoms with E-state index in [1.807, 2.05) is 34.6 Å². The van der Waals surface area contributed by atoms with Gasteiger partial charge in [0.15, 0.2) is 0 Å². The van der Waals surface area contributed by atoms with Crippen LogP contribution in [0.3, 0.4) is 0 Å². The van der Waals surface area contributed by atoms with E-state index in [9.17, 15) is 4.79 Å². The molecular formula is C9H17BrO2. The Morgan fingerprint density at radius 1 is 1.33 bits per heavy atom. The lowest BCUT2D eigenvalue weighted by molar-refractivity contribution is -0.144. The van der Waals surface area contributed by atoms with Crippen molar-refractivity contribution in [1.29, 1.82) is 0 Å². The molecule has 1 N–H and O–H groups in total. The van der Waals surface area contributed by atoms with E-state index in [1.54, 1.807) is 0 Å². The van der Waals surface area contributed by atoms with Crippen molar-refractivity contribution >= 4 is 21.9 Å². The third-order valence-corrected chi connectivity index (χ3v) is 4.64. The largest absolute Gasteiger partial charge is 0.480 e. The quantitative estimate of drug-likeness (QED) is 0.749. The van der Waals surface area contributed by atoms with Crippen LogP contribution in [0.2, 0.25) is 0 Å². The van der Waals surface area contributed by atoms with Gasteiger partial charge in [0.25, 0.3) is 0 Å². The van der Waals surface area contributed by atoms with E-state index in [4.69, 9.17) is 5.11 Å². The second kappa shape index (κ2) is 3.36. The maximum absolute atomic E-state index is 11.1. The molecule has 0 aromatic rings. The molecule has 0 aliphatic rings. The van der Waals surface area contributed by atoms with Gasteiger partial charge in [-0.15, -0.1) is 0 Å². The van der Waals surface area contributed by atoms with Gasteiger partial charge in [0.2, 0.25) is 0 Å². The van der Waals surface area contributed by atoms with Gasteiger partial charge in [0.05, 0.1) is 0 Å². The first-order valence-electron chi connectivity index (χ1n) is 4.06. The van der Waals surface area contributed by atoms with Gasteiger partial charge in [-0.3, -0.25) is 4.79 Å². The third kappa shape index (κ3) is 1.82. The molecule has 0 saturated carbocycles. The summed E-state index contributed by atoms with van der Waals surface area (Å²) < 4.78 is -0.833. The van der Waals surface area contributed by atoms with Gasteiger partial charge in [-0.25, -0.2) is 0 Å². The lowest BCUT2D eigenvalue weighted by Crippen LogP contribution is -2.48. The maximum Gasteiger partial charge on any atom is 0.321 e. The van der Waals surface area contributed by atoms with Crippen LogP contribution >= 0.6 is 15.9 Å². The van der Waals surface area contributed by atoms with Crippen molar-refractivity contribution in [2.45, 2.75) is 38.9 Å². The number of aliphatic carboxylic acids is 1. The standard InChI is InChI=1S/C9H17BrO2/c1-6(2)9(10,7(11)12)8(3,4)5/h6H,1-5H3,(H,11,12). The molecule has 0 aromatic heterocycles. The SMILES string of the molecule is CC(C)C(Br)(C(=O)O)C(C)(C)C. The van der Waals surface area contributed by atoms with Crippen LogP contribution in [0.1, 0.15) is 34.6 Å². The van der Waals surface area contributed by atoms with Crippen molar-refractivity contribution in [3.05, 3.63) is 0 Å². The van der Waals surface area contributed by atoms with E-state index < -0.39 is 10.3 Å². The van der Waals surface area contributed by atoms with Gasteiger partial charge in [-0.05, 0) is 11.3 Å². The highest BCUT2D eigenvalue weighted by Crippen LogP contribution is 2.44. The summed E-state index contributed by atoms with van der Waals surface area (Å²) in [5.74, 6) is -0.722. The summed E-state index contributed by atoms with van der Waals surface area (Å²) in [4.78, 5) is 11.1. The third-order valence-electron chi connectivity index (χ3n) is 2.20. The Kier molecular flexibility index (Phi) is 3.35. The lowest BCUT2D eigenvalue weighted by atomic mass is 9.74. The highest BCUT2D eigenvalue weighted by atomic mass is 79.9. The Labute approximate surface area is 82.5 Å². The molecule has 0 amide bonds. The number of rotatable bonds is 2. The predicted octanol–water partition coefficient (Wildman–Crippen LogP) is 2.91. The molecule has 0 heterocycles. The molecule has 0 spiro atoms. The molecule has 0 aliphatic heterocycles. The molecule has 1 atom stereocenters. The molecule has 0 radical (unpaired) electrons. The molecule has 1 unspecified atom stereocenters. The zero-order valence-electron chi connectivity index (χ0n) is 8.31. The van der Waals surface area contributed by atoms with Crippen LogP contribution < -0.4 is 0 Å². The van der Waals surface area contributed by atoms with Gasteiger partial charge in [-0.1, -0.05) is 50.5 Å². The van der Waals surface area contributed by atoms with Crippen LogP contribution in [0.4, 0.5) is 0 Å².